The number of pyridine rings is 1. The van der Waals surface area contributed by atoms with E-state index in [-0.39, 0.29) is 12.5 Å². The predicted octanol–water partition coefficient (Wildman–Crippen LogP) is 2.72. The number of hydrogen-bond donors (Lipinski definition) is 1. The molecular formula is C17H20N2O4. The number of carbonyl (C=O) groups excluding carboxylic acids is 2. The Morgan fingerprint density at radius 1 is 1.26 bits per heavy atom. The minimum atomic E-state index is -0.579. The minimum absolute atomic E-state index is 0.185. The minimum Gasteiger partial charge on any atom is -0.463 e. The quantitative estimate of drug-likeness (QED) is 0.877. The van der Waals surface area contributed by atoms with Crippen LogP contribution in [-0.2, 0) is 9.53 Å². The molecule has 0 aliphatic carbocycles. The summed E-state index contributed by atoms with van der Waals surface area (Å²) in [7, 11) is 0. The molecule has 0 bridgehead atoms. The molecule has 0 unspecified atom stereocenters. The third-order valence-corrected chi connectivity index (χ3v) is 2.92. The molecule has 0 radical (unpaired) electrons. The van der Waals surface area contributed by atoms with Crippen LogP contribution in [0.15, 0.2) is 34.9 Å². The van der Waals surface area contributed by atoms with Crippen LogP contribution < -0.4 is 5.32 Å². The van der Waals surface area contributed by atoms with Gasteiger partial charge in [0.05, 0.1) is 17.5 Å². The second kappa shape index (κ2) is 6.64. The molecule has 2 aromatic heterocycles. The molecule has 0 saturated carbocycles. The molecule has 0 aliphatic rings. The number of aryl methyl sites for hydroxylation is 1. The van der Waals surface area contributed by atoms with E-state index in [0.717, 1.165) is 0 Å². The summed E-state index contributed by atoms with van der Waals surface area (Å²) < 4.78 is 10.4. The Kier molecular flexibility index (Phi) is 4.83. The normalized spacial score (nSPS) is 11.1. The summed E-state index contributed by atoms with van der Waals surface area (Å²) in [5, 5.41) is 2.54. The van der Waals surface area contributed by atoms with E-state index in [1.807, 2.05) is 0 Å². The van der Waals surface area contributed by atoms with Gasteiger partial charge in [0, 0.05) is 0 Å². The van der Waals surface area contributed by atoms with Gasteiger partial charge in [0.15, 0.2) is 5.76 Å². The van der Waals surface area contributed by atoms with Gasteiger partial charge < -0.3 is 14.5 Å². The zero-order valence-electron chi connectivity index (χ0n) is 13.7. The fraction of sp³-hybridized carbons (Fsp3) is 0.353. The van der Waals surface area contributed by atoms with Gasteiger partial charge in [-0.05, 0) is 52.0 Å². The maximum absolute atomic E-state index is 12.2. The number of carbonyl (C=O) groups is 2. The van der Waals surface area contributed by atoms with Crippen LogP contribution in [0.4, 0.5) is 0 Å². The van der Waals surface area contributed by atoms with Crippen LogP contribution in [-0.4, -0.2) is 29.0 Å². The molecule has 0 fully saturated rings. The molecule has 1 N–H and O–H groups in total. The van der Waals surface area contributed by atoms with Crippen molar-refractivity contribution in [1.29, 1.82) is 0 Å². The molecule has 0 aliphatic heterocycles. The number of esters is 1. The summed E-state index contributed by atoms with van der Waals surface area (Å²) in [6.07, 6.45) is 1.56. The van der Waals surface area contributed by atoms with Gasteiger partial charge in [-0.2, -0.15) is 0 Å². The first-order valence-corrected chi connectivity index (χ1v) is 7.28. The third-order valence-electron chi connectivity index (χ3n) is 2.92. The van der Waals surface area contributed by atoms with Crippen LogP contribution in [0, 0.1) is 6.92 Å². The summed E-state index contributed by atoms with van der Waals surface area (Å²) in [6.45, 7) is 6.86. The Bertz CT molecular complexity index is 700. The molecule has 122 valence electrons. The average molecular weight is 316 g/mol. The van der Waals surface area contributed by atoms with Gasteiger partial charge in [-0.15, -0.1) is 0 Å². The molecule has 1 amide bonds. The largest absolute Gasteiger partial charge is 0.463 e. The van der Waals surface area contributed by atoms with Crippen LogP contribution in [0.2, 0.25) is 0 Å². The summed E-state index contributed by atoms with van der Waals surface area (Å²) in [5.74, 6) is -0.218. The highest BCUT2D eigenvalue weighted by Crippen LogP contribution is 2.19. The van der Waals surface area contributed by atoms with E-state index in [9.17, 15) is 9.59 Å². The lowest BCUT2D eigenvalue weighted by molar-refractivity contribution is -0.153. The van der Waals surface area contributed by atoms with Crippen LogP contribution in [0.3, 0.4) is 0 Å². The lowest BCUT2D eigenvalue weighted by atomic mass is 10.1. The molecule has 2 rings (SSSR count). The first-order chi connectivity index (χ1) is 10.8. The van der Waals surface area contributed by atoms with Crippen molar-refractivity contribution >= 4 is 11.9 Å². The number of nitrogens with one attached hydrogen (secondary N) is 1. The second-order valence-corrected chi connectivity index (χ2v) is 6.08. The van der Waals surface area contributed by atoms with E-state index in [1.54, 1.807) is 58.2 Å². The zero-order chi connectivity index (χ0) is 17.0. The number of aromatic nitrogens is 1. The van der Waals surface area contributed by atoms with Crippen molar-refractivity contribution in [2.45, 2.75) is 33.3 Å². The number of amides is 1. The molecule has 0 aromatic carbocycles. The topological polar surface area (TPSA) is 81.4 Å². The summed E-state index contributed by atoms with van der Waals surface area (Å²) >= 11 is 0. The van der Waals surface area contributed by atoms with Crippen LogP contribution in [0.5, 0.6) is 0 Å². The summed E-state index contributed by atoms with van der Waals surface area (Å²) in [6, 6.07) is 6.93. The van der Waals surface area contributed by atoms with Gasteiger partial charge in [-0.25, -0.2) is 4.98 Å². The van der Waals surface area contributed by atoms with Crippen LogP contribution in [0.1, 0.15) is 36.8 Å². The number of furan rings is 1. The molecular weight excluding hydrogens is 296 g/mol. The fourth-order valence-corrected chi connectivity index (χ4v) is 1.99. The van der Waals surface area contributed by atoms with E-state index < -0.39 is 11.6 Å². The van der Waals surface area contributed by atoms with Gasteiger partial charge in [0.2, 0.25) is 0 Å². The third kappa shape index (κ3) is 4.67. The number of rotatable bonds is 4. The molecule has 6 nitrogen and oxygen atoms in total. The molecule has 0 spiro atoms. The van der Waals surface area contributed by atoms with Crippen molar-refractivity contribution in [3.05, 3.63) is 41.8 Å². The number of nitrogens with zero attached hydrogens (tertiary/aromatic N) is 1. The van der Waals surface area contributed by atoms with Crippen molar-refractivity contribution in [3.8, 4) is 11.5 Å². The van der Waals surface area contributed by atoms with E-state index >= 15 is 0 Å². The fourth-order valence-electron chi connectivity index (χ4n) is 1.99. The first-order valence-electron chi connectivity index (χ1n) is 7.28. The standard InChI is InChI=1S/C17H20N2O4/c1-11-12(7-8-13(19-11)14-6-5-9-22-14)16(21)18-10-15(20)23-17(2,3)4/h5-9H,10H2,1-4H3,(H,18,21). The SMILES string of the molecule is Cc1nc(-c2ccco2)ccc1C(=O)NCC(=O)OC(C)(C)C. The molecule has 6 heteroatoms. The summed E-state index contributed by atoms with van der Waals surface area (Å²) in [4.78, 5) is 28.1. The maximum atomic E-state index is 12.2. The monoisotopic (exact) mass is 316 g/mol. The van der Waals surface area contributed by atoms with E-state index in [2.05, 4.69) is 10.3 Å². The van der Waals surface area contributed by atoms with Gasteiger partial charge in [-0.3, -0.25) is 9.59 Å². The lowest BCUT2D eigenvalue weighted by Crippen LogP contribution is -2.35. The molecule has 2 heterocycles. The van der Waals surface area contributed by atoms with Gasteiger partial charge in [0.25, 0.3) is 5.91 Å². The van der Waals surface area contributed by atoms with Crippen molar-refractivity contribution < 1.29 is 18.7 Å². The smallest absolute Gasteiger partial charge is 0.325 e. The van der Waals surface area contributed by atoms with Gasteiger partial charge >= 0.3 is 5.97 Å². The Morgan fingerprint density at radius 3 is 2.57 bits per heavy atom. The predicted molar refractivity (Wildman–Crippen MR) is 84.9 cm³/mol. The molecule has 0 saturated heterocycles. The Balaban J connectivity index is 2.01. The molecule has 23 heavy (non-hydrogen) atoms. The van der Waals surface area contributed by atoms with Crippen molar-refractivity contribution in [2.75, 3.05) is 6.54 Å². The van der Waals surface area contributed by atoms with Crippen molar-refractivity contribution in [2.24, 2.45) is 0 Å². The average Bonchev–Trinajstić information content (AvgIpc) is 2.97. The lowest BCUT2D eigenvalue weighted by Gasteiger charge is -2.19. The van der Waals surface area contributed by atoms with Crippen molar-refractivity contribution in [1.82, 2.24) is 10.3 Å². The Labute approximate surface area is 134 Å². The van der Waals surface area contributed by atoms with Crippen molar-refractivity contribution in [3.63, 3.8) is 0 Å². The second-order valence-electron chi connectivity index (χ2n) is 6.08. The zero-order valence-corrected chi connectivity index (χ0v) is 13.7. The highest BCUT2D eigenvalue weighted by Gasteiger charge is 2.18. The van der Waals surface area contributed by atoms with Gasteiger partial charge in [0.1, 0.15) is 17.8 Å². The van der Waals surface area contributed by atoms with E-state index in [1.165, 1.54) is 0 Å². The Hall–Kier alpha value is -2.63. The van der Waals surface area contributed by atoms with Gasteiger partial charge in [-0.1, -0.05) is 0 Å². The van der Waals surface area contributed by atoms with Crippen LogP contribution in [0.25, 0.3) is 11.5 Å². The number of hydrogen-bond acceptors (Lipinski definition) is 5. The van der Waals surface area contributed by atoms with E-state index in [4.69, 9.17) is 9.15 Å². The Morgan fingerprint density at radius 2 is 2.00 bits per heavy atom. The van der Waals surface area contributed by atoms with Crippen LogP contribution >= 0.6 is 0 Å². The number of ether oxygens (including phenoxy) is 1. The van der Waals surface area contributed by atoms with E-state index in [0.29, 0.717) is 22.7 Å². The highest BCUT2D eigenvalue weighted by atomic mass is 16.6. The first kappa shape index (κ1) is 16.7. The molecule has 2 aromatic rings. The molecule has 0 atom stereocenters. The maximum Gasteiger partial charge on any atom is 0.325 e. The summed E-state index contributed by atoms with van der Waals surface area (Å²) in [5.41, 5.74) is 1.03. The highest BCUT2D eigenvalue weighted by molar-refractivity contribution is 5.97.